The maximum atomic E-state index is 5.26. The Morgan fingerprint density at radius 1 is 1.11 bits per heavy atom. The summed E-state index contributed by atoms with van der Waals surface area (Å²) in [7, 11) is 0. The van der Waals surface area contributed by atoms with Crippen molar-refractivity contribution >= 4 is 0 Å². The number of hydrogen-bond acceptors (Lipinski definition) is 3. The summed E-state index contributed by atoms with van der Waals surface area (Å²) in [6.45, 7) is 3.82. The van der Waals surface area contributed by atoms with Crippen molar-refractivity contribution in [2.45, 2.75) is 12.8 Å². The number of nitrogens with zero attached hydrogens (tertiary/aromatic N) is 1. The quantitative estimate of drug-likeness (QED) is 0.498. The second kappa shape index (κ2) is 2.25. The summed E-state index contributed by atoms with van der Waals surface area (Å²) < 4.78 is 10.5. The molecule has 2 aliphatic heterocycles. The largest absolute Gasteiger partial charge is 0.337 e. The van der Waals surface area contributed by atoms with E-state index in [0.29, 0.717) is 0 Å². The third-order valence-corrected chi connectivity index (χ3v) is 1.79. The van der Waals surface area contributed by atoms with Crippen LogP contribution in [0, 0.1) is 0 Å². The molecular formula is C6H11NO2. The zero-order valence-electron chi connectivity index (χ0n) is 5.38. The smallest absolute Gasteiger partial charge is 0.218 e. The molecule has 2 fully saturated rings. The van der Waals surface area contributed by atoms with Crippen LogP contribution in [0.15, 0.2) is 0 Å². The highest BCUT2D eigenvalue weighted by atomic mass is 16.7. The topological polar surface area (TPSA) is 21.7 Å². The fraction of sp³-hybridized carbons (Fsp3) is 1.00. The Hall–Kier alpha value is -0.120. The van der Waals surface area contributed by atoms with Gasteiger partial charge in [0.25, 0.3) is 0 Å². The zero-order valence-corrected chi connectivity index (χ0v) is 5.38. The molecule has 0 amide bonds. The van der Waals surface area contributed by atoms with Crippen LogP contribution in [0.2, 0.25) is 0 Å². The minimum absolute atomic E-state index is 0.00116. The molecule has 2 rings (SSSR count). The molecule has 0 atom stereocenters. The lowest BCUT2D eigenvalue weighted by atomic mass is 10.2. The predicted octanol–water partition coefficient (Wildman–Crippen LogP) is 0.0225. The van der Waals surface area contributed by atoms with Gasteiger partial charge in [0, 0.05) is 13.1 Å². The molecule has 0 N–H and O–H groups in total. The van der Waals surface area contributed by atoms with Gasteiger partial charge in [0.1, 0.15) is 0 Å². The summed E-state index contributed by atoms with van der Waals surface area (Å²) >= 11 is 0. The van der Waals surface area contributed by atoms with Crippen LogP contribution in [-0.4, -0.2) is 37.6 Å². The summed E-state index contributed by atoms with van der Waals surface area (Å²) in [6, 6.07) is 0. The van der Waals surface area contributed by atoms with Gasteiger partial charge in [-0.15, -0.1) is 0 Å². The summed E-state index contributed by atoms with van der Waals surface area (Å²) in [5.41, 5.74) is 0. The van der Waals surface area contributed by atoms with Gasteiger partial charge in [0.2, 0.25) is 6.41 Å². The van der Waals surface area contributed by atoms with Gasteiger partial charge in [0.05, 0.1) is 13.2 Å². The molecule has 0 bridgehead atoms. The van der Waals surface area contributed by atoms with Crippen molar-refractivity contribution in [1.29, 1.82) is 0 Å². The molecule has 0 spiro atoms. The molecule has 9 heavy (non-hydrogen) atoms. The third kappa shape index (κ3) is 0.956. The molecule has 2 saturated heterocycles. The summed E-state index contributed by atoms with van der Waals surface area (Å²) in [5.74, 6) is 0. The van der Waals surface area contributed by atoms with E-state index in [2.05, 4.69) is 4.90 Å². The first-order chi connectivity index (χ1) is 4.47. The van der Waals surface area contributed by atoms with Crippen molar-refractivity contribution in [2.24, 2.45) is 0 Å². The lowest BCUT2D eigenvalue weighted by molar-refractivity contribution is -0.173. The van der Waals surface area contributed by atoms with Crippen molar-refractivity contribution in [3.05, 3.63) is 0 Å². The molecule has 0 radical (unpaired) electrons. The van der Waals surface area contributed by atoms with Gasteiger partial charge >= 0.3 is 0 Å². The van der Waals surface area contributed by atoms with Crippen LogP contribution in [0.4, 0.5) is 0 Å². The van der Waals surface area contributed by atoms with Crippen LogP contribution in [0.3, 0.4) is 0 Å². The standard InChI is InChI=1S/C6H11NO2/c1-2-7(3-1)6-8-4-5-9-6/h6H,1-5H2. The van der Waals surface area contributed by atoms with E-state index in [1.54, 1.807) is 0 Å². The van der Waals surface area contributed by atoms with Gasteiger partial charge < -0.3 is 9.47 Å². The zero-order chi connectivity index (χ0) is 6.10. The Balaban J connectivity index is 1.82. The summed E-state index contributed by atoms with van der Waals surface area (Å²) in [4.78, 5) is 2.20. The lowest BCUT2D eigenvalue weighted by Gasteiger charge is -2.33. The van der Waals surface area contributed by atoms with E-state index in [0.717, 1.165) is 26.3 Å². The number of likely N-dealkylation sites (tertiary alicyclic amines) is 1. The molecule has 0 unspecified atom stereocenters. The third-order valence-electron chi connectivity index (χ3n) is 1.79. The number of hydrogen-bond donors (Lipinski definition) is 0. The second-order valence-electron chi connectivity index (χ2n) is 2.44. The molecule has 0 aromatic heterocycles. The number of ether oxygens (including phenoxy) is 2. The minimum Gasteiger partial charge on any atom is -0.337 e. The molecule has 0 saturated carbocycles. The maximum Gasteiger partial charge on any atom is 0.218 e. The van der Waals surface area contributed by atoms with Gasteiger partial charge in [0.15, 0.2) is 0 Å². The Morgan fingerprint density at radius 3 is 2.22 bits per heavy atom. The molecule has 0 aliphatic carbocycles. The molecule has 2 heterocycles. The van der Waals surface area contributed by atoms with Crippen molar-refractivity contribution in [3.63, 3.8) is 0 Å². The first-order valence-electron chi connectivity index (χ1n) is 3.44. The normalized spacial score (nSPS) is 30.7. The Bertz CT molecular complexity index is 97.2. The maximum absolute atomic E-state index is 5.26. The average Bonchev–Trinajstić information content (AvgIpc) is 2.11. The molecule has 3 heteroatoms. The van der Waals surface area contributed by atoms with Gasteiger partial charge in [-0.2, -0.15) is 0 Å². The second-order valence-corrected chi connectivity index (χ2v) is 2.44. The van der Waals surface area contributed by atoms with Gasteiger partial charge in [-0.1, -0.05) is 0 Å². The highest BCUT2D eigenvalue weighted by molar-refractivity contribution is 4.69. The molecule has 2 aliphatic rings. The molecule has 3 nitrogen and oxygen atoms in total. The van der Waals surface area contributed by atoms with Crippen LogP contribution in [0.5, 0.6) is 0 Å². The fourth-order valence-corrected chi connectivity index (χ4v) is 1.11. The summed E-state index contributed by atoms with van der Waals surface area (Å²) in [5, 5.41) is 0. The Morgan fingerprint density at radius 2 is 1.78 bits per heavy atom. The van der Waals surface area contributed by atoms with E-state index < -0.39 is 0 Å². The highest BCUT2D eigenvalue weighted by Crippen LogP contribution is 2.16. The molecule has 0 aromatic carbocycles. The molecular weight excluding hydrogens is 118 g/mol. The predicted molar refractivity (Wildman–Crippen MR) is 31.9 cm³/mol. The van der Waals surface area contributed by atoms with E-state index in [1.807, 2.05) is 0 Å². The van der Waals surface area contributed by atoms with Gasteiger partial charge in [-0.25, -0.2) is 0 Å². The number of rotatable bonds is 1. The lowest BCUT2D eigenvalue weighted by Crippen LogP contribution is -2.45. The Labute approximate surface area is 54.5 Å². The van der Waals surface area contributed by atoms with Crippen LogP contribution in [0.1, 0.15) is 6.42 Å². The van der Waals surface area contributed by atoms with Crippen LogP contribution in [-0.2, 0) is 9.47 Å². The molecule has 52 valence electrons. The van der Waals surface area contributed by atoms with E-state index in [9.17, 15) is 0 Å². The van der Waals surface area contributed by atoms with E-state index in [4.69, 9.17) is 9.47 Å². The first kappa shape index (κ1) is 5.65. The van der Waals surface area contributed by atoms with Gasteiger partial charge in [-0.3, -0.25) is 4.90 Å². The van der Waals surface area contributed by atoms with E-state index >= 15 is 0 Å². The fourth-order valence-electron chi connectivity index (χ4n) is 1.11. The van der Waals surface area contributed by atoms with Crippen LogP contribution < -0.4 is 0 Å². The average molecular weight is 129 g/mol. The van der Waals surface area contributed by atoms with Crippen molar-refractivity contribution in [2.75, 3.05) is 26.3 Å². The van der Waals surface area contributed by atoms with E-state index in [1.165, 1.54) is 6.42 Å². The van der Waals surface area contributed by atoms with Crippen molar-refractivity contribution in [1.82, 2.24) is 4.90 Å². The van der Waals surface area contributed by atoms with Crippen LogP contribution in [0.25, 0.3) is 0 Å². The van der Waals surface area contributed by atoms with E-state index in [-0.39, 0.29) is 6.41 Å². The monoisotopic (exact) mass is 129 g/mol. The van der Waals surface area contributed by atoms with Crippen molar-refractivity contribution in [3.8, 4) is 0 Å². The molecule has 0 aromatic rings. The summed E-state index contributed by atoms with van der Waals surface area (Å²) in [6.07, 6.45) is 1.29. The SMILES string of the molecule is C1CN(C2OCCO2)C1. The first-order valence-corrected chi connectivity index (χ1v) is 3.44. The minimum atomic E-state index is -0.00116. The van der Waals surface area contributed by atoms with Gasteiger partial charge in [-0.05, 0) is 6.42 Å². The van der Waals surface area contributed by atoms with Crippen molar-refractivity contribution < 1.29 is 9.47 Å². The van der Waals surface area contributed by atoms with Crippen LogP contribution >= 0.6 is 0 Å². The highest BCUT2D eigenvalue weighted by Gasteiger charge is 2.27. The Kier molecular flexibility index (Phi) is 1.41.